The summed E-state index contributed by atoms with van der Waals surface area (Å²) in [5, 5.41) is 0. The van der Waals surface area contributed by atoms with E-state index in [1.54, 1.807) is 0 Å². The van der Waals surface area contributed by atoms with Crippen molar-refractivity contribution >= 4 is 13.9 Å². The second kappa shape index (κ2) is 7.89. The lowest BCUT2D eigenvalue weighted by Gasteiger charge is -2.16. The minimum atomic E-state index is -3.42. The molecule has 0 saturated carbocycles. The SMILES string of the molecule is O=CCP(=O)(OCc1ccccc1)OCc1ccccc1. The molecule has 0 N–H and O–H groups in total. The molecule has 0 aromatic heterocycles. The summed E-state index contributed by atoms with van der Waals surface area (Å²) in [5.74, 6) is 0. The fourth-order valence-electron chi connectivity index (χ4n) is 1.73. The highest BCUT2D eigenvalue weighted by Crippen LogP contribution is 2.48. The number of aldehydes is 1. The van der Waals surface area contributed by atoms with Crippen LogP contribution in [0.1, 0.15) is 11.1 Å². The highest BCUT2D eigenvalue weighted by Gasteiger charge is 2.24. The van der Waals surface area contributed by atoms with Gasteiger partial charge in [0.15, 0.2) is 0 Å². The predicted octanol–water partition coefficient (Wildman–Crippen LogP) is 3.81. The fraction of sp³-hybridized carbons (Fsp3) is 0.188. The average molecular weight is 304 g/mol. The molecular weight excluding hydrogens is 287 g/mol. The molecular formula is C16H17O4P. The summed E-state index contributed by atoms with van der Waals surface area (Å²) in [5.41, 5.74) is 1.76. The number of benzene rings is 2. The standard InChI is InChI=1S/C16H17O4P/c17-11-12-21(18,19-13-15-7-3-1-4-8-15)20-14-16-9-5-2-6-10-16/h1-11H,12-14H2. The van der Waals surface area contributed by atoms with Crippen molar-refractivity contribution in [3.8, 4) is 0 Å². The highest BCUT2D eigenvalue weighted by atomic mass is 31.2. The lowest BCUT2D eigenvalue weighted by atomic mass is 10.2. The Balaban J connectivity index is 1.95. The predicted molar refractivity (Wildman–Crippen MR) is 81.0 cm³/mol. The van der Waals surface area contributed by atoms with Gasteiger partial charge in [-0.3, -0.25) is 4.57 Å². The van der Waals surface area contributed by atoms with Crippen LogP contribution in [0, 0.1) is 0 Å². The van der Waals surface area contributed by atoms with Gasteiger partial charge in [0, 0.05) is 0 Å². The molecule has 0 amide bonds. The van der Waals surface area contributed by atoms with Gasteiger partial charge < -0.3 is 13.8 Å². The van der Waals surface area contributed by atoms with Crippen LogP contribution >= 0.6 is 7.60 Å². The quantitative estimate of drug-likeness (QED) is 0.549. The summed E-state index contributed by atoms with van der Waals surface area (Å²) in [6.07, 6.45) is 0.323. The molecule has 0 spiro atoms. The smallest absolute Gasteiger partial charge is 0.303 e. The van der Waals surface area contributed by atoms with E-state index in [-0.39, 0.29) is 19.4 Å². The first-order valence-corrected chi connectivity index (χ1v) is 8.34. The second-order valence-electron chi connectivity index (χ2n) is 4.48. The minimum absolute atomic E-state index is 0.154. The summed E-state index contributed by atoms with van der Waals surface area (Å²) < 4.78 is 23.2. The van der Waals surface area contributed by atoms with Crippen LogP contribution in [0.4, 0.5) is 0 Å². The van der Waals surface area contributed by atoms with E-state index >= 15 is 0 Å². The van der Waals surface area contributed by atoms with Gasteiger partial charge >= 0.3 is 7.60 Å². The molecule has 0 atom stereocenters. The monoisotopic (exact) mass is 304 g/mol. The zero-order valence-electron chi connectivity index (χ0n) is 11.6. The van der Waals surface area contributed by atoms with Gasteiger partial charge in [0.1, 0.15) is 12.4 Å². The molecule has 0 aliphatic rings. The van der Waals surface area contributed by atoms with Gasteiger partial charge in [-0.1, -0.05) is 60.7 Å². The van der Waals surface area contributed by atoms with E-state index in [9.17, 15) is 9.36 Å². The van der Waals surface area contributed by atoms with Gasteiger partial charge in [0.25, 0.3) is 0 Å². The van der Waals surface area contributed by atoms with Crippen LogP contribution in [0.25, 0.3) is 0 Å². The minimum Gasteiger partial charge on any atom is -0.303 e. The molecule has 110 valence electrons. The first-order valence-electron chi connectivity index (χ1n) is 6.61. The Kier molecular flexibility index (Phi) is 5.88. The lowest BCUT2D eigenvalue weighted by Crippen LogP contribution is -2.02. The molecule has 0 unspecified atom stereocenters. The molecule has 0 fully saturated rings. The van der Waals surface area contributed by atoms with Crippen molar-refractivity contribution in [2.24, 2.45) is 0 Å². The third kappa shape index (κ3) is 5.27. The van der Waals surface area contributed by atoms with Crippen molar-refractivity contribution in [1.29, 1.82) is 0 Å². The average Bonchev–Trinajstić information content (AvgIpc) is 2.54. The van der Waals surface area contributed by atoms with E-state index in [4.69, 9.17) is 9.05 Å². The summed E-state index contributed by atoms with van der Waals surface area (Å²) in [6, 6.07) is 18.7. The van der Waals surface area contributed by atoms with Gasteiger partial charge in [-0.25, -0.2) is 0 Å². The Bertz CT molecular complexity index is 551. The maximum atomic E-state index is 12.5. The number of carbonyl (C=O) groups excluding carboxylic acids is 1. The first-order chi connectivity index (χ1) is 10.2. The largest absolute Gasteiger partial charge is 0.338 e. The topological polar surface area (TPSA) is 52.6 Å². The van der Waals surface area contributed by atoms with Crippen LogP contribution in [-0.2, 0) is 31.6 Å². The van der Waals surface area contributed by atoms with Crippen LogP contribution in [0.3, 0.4) is 0 Å². The lowest BCUT2D eigenvalue weighted by molar-refractivity contribution is -0.106. The Labute approximate surface area is 124 Å². The zero-order valence-corrected chi connectivity index (χ0v) is 12.4. The van der Waals surface area contributed by atoms with Crippen molar-refractivity contribution < 1.29 is 18.4 Å². The van der Waals surface area contributed by atoms with Crippen molar-refractivity contribution in [2.45, 2.75) is 13.2 Å². The maximum Gasteiger partial charge on any atom is 0.338 e. The number of hydrogen-bond acceptors (Lipinski definition) is 4. The molecule has 5 heteroatoms. The van der Waals surface area contributed by atoms with Gasteiger partial charge in [-0.15, -0.1) is 0 Å². The van der Waals surface area contributed by atoms with Crippen LogP contribution in [-0.4, -0.2) is 12.4 Å². The molecule has 0 bridgehead atoms. The molecule has 0 saturated heterocycles. The van der Waals surface area contributed by atoms with Gasteiger partial charge in [0.05, 0.1) is 13.2 Å². The van der Waals surface area contributed by atoms with Crippen LogP contribution in [0.15, 0.2) is 60.7 Å². The normalized spacial score (nSPS) is 11.2. The molecule has 4 nitrogen and oxygen atoms in total. The molecule has 0 aliphatic carbocycles. The van der Waals surface area contributed by atoms with E-state index in [2.05, 4.69) is 0 Å². The van der Waals surface area contributed by atoms with E-state index in [0.29, 0.717) is 6.29 Å². The summed E-state index contributed by atoms with van der Waals surface area (Å²) in [7, 11) is -3.42. The second-order valence-corrected chi connectivity index (χ2v) is 6.58. The molecule has 0 aliphatic heterocycles. The van der Waals surface area contributed by atoms with E-state index < -0.39 is 7.60 Å². The van der Waals surface area contributed by atoms with E-state index in [1.807, 2.05) is 60.7 Å². The molecule has 2 aromatic rings. The van der Waals surface area contributed by atoms with Gasteiger partial charge in [-0.2, -0.15) is 0 Å². The fourth-order valence-corrected chi connectivity index (χ4v) is 2.89. The van der Waals surface area contributed by atoms with Crippen molar-refractivity contribution in [1.82, 2.24) is 0 Å². The molecule has 0 heterocycles. The maximum absolute atomic E-state index is 12.5. The van der Waals surface area contributed by atoms with Crippen molar-refractivity contribution in [3.63, 3.8) is 0 Å². The third-order valence-corrected chi connectivity index (χ3v) is 4.48. The summed E-state index contributed by atoms with van der Waals surface area (Å²) in [4.78, 5) is 10.7. The highest BCUT2D eigenvalue weighted by molar-refractivity contribution is 7.54. The Morgan fingerprint density at radius 1 is 0.810 bits per heavy atom. The van der Waals surface area contributed by atoms with Crippen LogP contribution in [0.5, 0.6) is 0 Å². The third-order valence-electron chi connectivity index (χ3n) is 2.84. The molecule has 2 rings (SSSR count). The van der Waals surface area contributed by atoms with Crippen molar-refractivity contribution in [2.75, 3.05) is 6.16 Å². The number of hydrogen-bond donors (Lipinski definition) is 0. The summed E-state index contributed by atoms with van der Waals surface area (Å²) in [6.45, 7) is 0.307. The molecule has 0 radical (unpaired) electrons. The first kappa shape index (κ1) is 15.6. The van der Waals surface area contributed by atoms with Gasteiger partial charge in [0.2, 0.25) is 0 Å². The van der Waals surface area contributed by atoms with E-state index in [0.717, 1.165) is 11.1 Å². The summed E-state index contributed by atoms with van der Waals surface area (Å²) >= 11 is 0. The van der Waals surface area contributed by atoms with E-state index in [1.165, 1.54) is 0 Å². The zero-order chi connectivity index (χ0) is 15.0. The Hall–Kier alpha value is -1.74. The number of rotatable bonds is 8. The van der Waals surface area contributed by atoms with Crippen LogP contribution < -0.4 is 0 Å². The Morgan fingerprint density at radius 2 is 1.24 bits per heavy atom. The van der Waals surface area contributed by atoms with Crippen molar-refractivity contribution in [3.05, 3.63) is 71.8 Å². The molecule has 21 heavy (non-hydrogen) atoms. The van der Waals surface area contributed by atoms with Gasteiger partial charge in [-0.05, 0) is 11.1 Å². The molecule has 2 aromatic carbocycles. The number of carbonyl (C=O) groups is 1. The Morgan fingerprint density at radius 3 is 1.62 bits per heavy atom. The van der Waals surface area contributed by atoms with Crippen LogP contribution in [0.2, 0.25) is 0 Å².